The van der Waals surface area contributed by atoms with Gasteiger partial charge in [0.05, 0.1) is 23.0 Å². The SMILES string of the molecule is Cc1cc(C(=O)Nc2cccc(-c3cccc(NC(=O)c4ccc(CNCCO)cn4)c3C)c2Cl)nc2c1CCN(C1CCNCC1)C2. The number of carbonyl (C=O) groups is 2. The van der Waals surface area contributed by atoms with Crippen LogP contribution in [0, 0.1) is 13.8 Å². The van der Waals surface area contributed by atoms with Crippen LogP contribution in [0.5, 0.6) is 0 Å². The molecule has 6 rings (SSSR count). The van der Waals surface area contributed by atoms with E-state index >= 15 is 0 Å². The fourth-order valence-corrected chi connectivity index (χ4v) is 6.89. The van der Waals surface area contributed by atoms with Gasteiger partial charge >= 0.3 is 0 Å². The number of hydrogen-bond acceptors (Lipinski definition) is 8. The summed E-state index contributed by atoms with van der Waals surface area (Å²) in [6, 6.07) is 17.1. The van der Waals surface area contributed by atoms with E-state index in [-0.39, 0.29) is 18.4 Å². The molecule has 4 aromatic rings. The molecule has 0 bridgehead atoms. The van der Waals surface area contributed by atoms with Gasteiger partial charge in [0, 0.05) is 49.7 Å². The summed E-state index contributed by atoms with van der Waals surface area (Å²) in [5.74, 6) is -0.636. The van der Waals surface area contributed by atoms with Crippen molar-refractivity contribution in [1.82, 2.24) is 25.5 Å². The third-order valence-electron chi connectivity index (χ3n) is 9.29. The highest BCUT2D eigenvalue weighted by atomic mass is 35.5. The maximum absolute atomic E-state index is 13.6. The van der Waals surface area contributed by atoms with Gasteiger partial charge in [0.2, 0.25) is 0 Å². The maximum atomic E-state index is 13.6. The minimum Gasteiger partial charge on any atom is -0.395 e. The molecule has 1 saturated heterocycles. The molecule has 2 aromatic heterocycles. The first-order chi connectivity index (χ1) is 23.3. The van der Waals surface area contributed by atoms with E-state index in [2.05, 4.69) is 38.1 Å². The zero-order valence-corrected chi connectivity index (χ0v) is 28.2. The topological polar surface area (TPSA) is 132 Å². The highest BCUT2D eigenvalue weighted by molar-refractivity contribution is 6.36. The lowest BCUT2D eigenvalue weighted by Gasteiger charge is -2.37. The van der Waals surface area contributed by atoms with Gasteiger partial charge in [-0.2, -0.15) is 0 Å². The number of rotatable bonds is 10. The summed E-state index contributed by atoms with van der Waals surface area (Å²) < 4.78 is 0. The molecule has 5 N–H and O–H groups in total. The van der Waals surface area contributed by atoms with Gasteiger partial charge in [-0.1, -0.05) is 41.9 Å². The molecular weight excluding hydrogens is 626 g/mol. The average Bonchev–Trinajstić information content (AvgIpc) is 3.10. The molecule has 0 atom stereocenters. The van der Waals surface area contributed by atoms with Crippen LogP contribution < -0.4 is 21.3 Å². The lowest BCUT2D eigenvalue weighted by atomic mass is 9.95. The van der Waals surface area contributed by atoms with E-state index in [4.69, 9.17) is 21.7 Å². The Hall–Kier alpha value is -4.19. The summed E-state index contributed by atoms with van der Waals surface area (Å²) in [4.78, 5) is 38.3. The predicted molar refractivity (Wildman–Crippen MR) is 190 cm³/mol. The van der Waals surface area contributed by atoms with Crippen molar-refractivity contribution in [2.45, 2.75) is 52.2 Å². The first-order valence-electron chi connectivity index (χ1n) is 16.5. The Morgan fingerprint density at radius 1 is 0.979 bits per heavy atom. The quantitative estimate of drug-likeness (QED) is 0.148. The van der Waals surface area contributed by atoms with Crippen LogP contribution in [0.15, 0.2) is 60.8 Å². The number of piperidine rings is 1. The number of anilines is 2. The Labute approximate surface area is 286 Å². The van der Waals surface area contributed by atoms with Crippen LogP contribution in [0.3, 0.4) is 0 Å². The van der Waals surface area contributed by atoms with E-state index in [1.54, 1.807) is 18.3 Å². The zero-order valence-electron chi connectivity index (χ0n) is 27.4. The fraction of sp³-hybridized carbons (Fsp3) is 0.351. The van der Waals surface area contributed by atoms with Crippen molar-refractivity contribution >= 4 is 34.8 Å². The smallest absolute Gasteiger partial charge is 0.274 e. The first-order valence-corrected chi connectivity index (χ1v) is 16.9. The molecule has 4 heterocycles. The number of aliphatic hydroxyl groups is 1. The van der Waals surface area contributed by atoms with E-state index in [9.17, 15) is 9.59 Å². The van der Waals surface area contributed by atoms with Gasteiger partial charge in [-0.05, 0) is 98.3 Å². The van der Waals surface area contributed by atoms with Crippen LogP contribution in [-0.4, -0.2) is 70.6 Å². The third-order valence-corrected chi connectivity index (χ3v) is 9.69. The summed E-state index contributed by atoms with van der Waals surface area (Å²) in [5, 5.41) is 21.9. The Bertz CT molecular complexity index is 1790. The number of aromatic nitrogens is 2. The van der Waals surface area contributed by atoms with Crippen LogP contribution in [-0.2, 0) is 19.5 Å². The average molecular weight is 668 g/mol. The molecule has 10 nitrogen and oxygen atoms in total. The van der Waals surface area contributed by atoms with Gasteiger partial charge in [0.1, 0.15) is 11.4 Å². The Morgan fingerprint density at radius 2 is 1.71 bits per heavy atom. The molecule has 48 heavy (non-hydrogen) atoms. The normalized spacial score (nSPS) is 15.2. The Balaban J connectivity index is 1.17. The highest BCUT2D eigenvalue weighted by Crippen LogP contribution is 2.38. The summed E-state index contributed by atoms with van der Waals surface area (Å²) in [6.45, 7) is 8.94. The second-order valence-corrected chi connectivity index (χ2v) is 12.8. The van der Waals surface area contributed by atoms with Crippen LogP contribution in [0.1, 0.15) is 61.8 Å². The van der Waals surface area contributed by atoms with Gasteiger partial charge in [-0.25, -0.2) is 4.98 Å². The second kappa shape index (κ2) is 15.4. The highest BCUT2D eigenvalue weighted by Gasteiger charge is 2.27. The predicted octanol–water partition coefficient (Wildman–Crippen LogP) is 5.11. The molecule has 2 aliphatic heterocycles. The third kappa shape index (κ3) is 7.59. The molecule has 0 saturated carbocycles. The van der Waals surface area contributed by atoms with E-state index in [0.717, 1.165) is 79.0 Å². The number of benzene rings is 2. The van der Waals surface area contributed by atoms with Gasteiger partial charge in [0.15, 0.2) is 0 Å². The minimum absolute atomic E-state index is 0.0563. The molecule has 1 fully saturated rings. The second-order valence-electron chi connectivity index (χ2n) is 12.5. The molecule has 0 unspecified atom stereocenters. The number of carbonyl (C=O) groups excluding carboxylic acids is 2. The summed E-state index contributed by atoms with van der Waals surface area (Å²) in [7, 11) is 0. The largest absolute Gasteiger partial charge is 0.395 e. The number of pyridine rings is 2. The van der Waals surface area contributed by atoms with Gasteiger partial charge in [0.25, 0.3) is 11.8 Å². The maximum Gasteiger partial charge on any atom is 0.274 e. The first kappa shape index (κ1) is 33.7. The van der Waals surface area contributed by atoms with E-state index in [1.165, 1.54) is 5.56 Å². The molecule has 2 aliphatic rings. The van der Waals surface area contributed by atoms with Crippen LogP contribution in [0.4, 0.5) is 11.4 Å². The number of amides is 2. The van der Waals surface area contributed by atoms with Crippen molar-refractivity contribution in [1.29, 1.82) is 0 Å². The zero-order chi connectivity index (χ0) is 33.6. The number of hydrogen-bond donors (Lipinski definition) is 5. The number of nitrogens with zero attached hydrogens (tertiary/aromatic N) is 3. The van der Waals surface area contributed by atoms with Crippen molar-refractivity contribution in [2.24, 2.45) is 0 Å². The van der Waals surface area contributed by atoms with Crippen LogP contribution >= 0.6 is 11.6 Å². The molecular formula is C37H42ClN7O3. The number of aliphatic hydroxyl groups excluding tert-OH is 1. The number of nitrogens with one attached hydrogen (secondary N) is 4. The summed E-state index contributed by atoms with van der Waals surface area (Å²) in [6.07, 6.45) is 4.86. The van der Waals surface area contributed by atoms with Crippen molar-refractivity contribution in [3.8, 4) is 11.1 Å². The van der Waals surface area contributed by atoms with Crippen molar-refractivity contribution < 1.29 is 14.7 Å². The van der Waals surface area contributed by atoms with E-state index in [0.29, 0.717) is 46.9 Å². The fourth-order valence-electron chi connectivity index (χ4n) is 6.61. The molecule has 2 amide bonds. The van der Waals surface area contributed by atoms with Crippen molar-refractivity contribution in [3.05, 3.63) is 105 Å². The monoisotopic (exact) mass is 667 g/mol. The molecule has 0 spiro atoms. The van der Waals surface area contributed by atoms with Crippen LogP contribution in [0.2, 0.25) is 5.02 Å². The number of halogens is 1. The molecule has 0 aliphatic carbocycles. The summed E-state index contributed by atoms with van der Waals surface area (Å²) >= 11 is 6.95. The lowest BCUT2D eigenvalue weighted by molar-refractivity contribution is 0.101. The standard InChI is InChI=1S/C37H42ClN7O3/c1-23-19-33(42-34-22-45(17-13-27(23)34)26-11-14-39-15-12-26)37(48)44-31-8-4-6-29(35(31)38)28-5-3-7-30(24(28)2)43-36(47)32-10-9-25(21-41-32)20-40-16-18-46/h3-10,19,21,26,39-40,46H,11-18,20,22H2,1-2H3,(H,43,47)(H,44,48). The molecule has 0 radical (unpaired) electrons. The molecule has 2 aromatic carbocycles. The van der Waals surface area contributed by atoms with Crippen molar-refractivity contribution in [2.75, 3.05) is 43.4 Å². The van der Waals surface area contributed by atoms with Crippen LogP contribution in [0.25, 0.3) is 11.1 Å². The van der Waals surface area contributed by atoms with E-state index in [1.807, 2.05) is 49.4 Å². The van der Waals surface area contributed by atoms with Gasteiger partial charge < -0.3 is 26.4 Å². The number of aryl methyl sites for hydroxylation is 1. The van der Waals surface area contributed by atoms with Crippen molar-refractivity contribution in [3.63, 3.8) is 0 Å². The van der Waals surface area contributed by atoms with Gasteiger partial charge in [-0.3, -0.25) is 19.5 Å². The van der Waals surface area contributed by atoms with E-state index < -0.39 is 0 Å². The number of fused-ring (bicyclic) bond motifs is 1. The lowest BCUT2D eigenvalue weighted by Crippen LogP contribution is -2.45. The Kier molecular flexibility index (Phi) is 10.8. The summed E-state index contributed by atoms with van der Waals surface area (Å²) in [5.41, 5.74) is 8.40. The molecule has 11 heteroatoms. The molecule has 250 valence electrons. The minimum atomic E-state index is -0.330. The van der Waals surface area contributed by atoms with Gasteiger partial charge in [-0.15, -0.1) is 0 Å². The Morgan fingerprint density at radius 3 is 2.46 bits per heavy atom.